The number of aromatic nitrogens is 3. The summed E-state index contributed by atoms with van der Waals surface area (Å²) in [5.74, 6) is 0.397. The highest BCUT2D eigenvalue weighted by atomic mass is 16.3. The van der Waals surface area contributed by atoms with Crippen molar-refractivity contribution in [1.82, 2.24) is 14.5 Å². The number of phenolic OH excluding ortho intramolecular Hbond substituents is 1. The fraction of sp³-hybridized carbons (Fsp3) is 0.213. The van der Waals surface area contributed by atoms with Crippen molar-refractivity contribution in [3.05, 3.63) is 192 Å². The molecule has 9 aromatic rings. The van der Waals surface area contributed by atoms with E-state index in [1.807, 2.05) is 147 Å². The Labute approximate surface area is 402 Å². The maximum absolute atomic E-state index is 12.5. The fourth-order valence-electron chi connectivity index (χ4n) is 8.52. The largest absolute Gasteiger partial charge is 0.507 e. The monoisotopic (exact) mass is 862 g/mol. The van der Waals surface area contributed by atoms with E-state index >= 15 is 0 Å². The van der Waals surface area contributed by atoms with Gasteiger partial charge in [-0.05, 0) is 133 Å². The first-order valence-electron chi connectivity index (χ1n) is 27.8. The second-order valence-corrected chi connectivity index (χ2v) is 18.9. The Kier molecular flexibility index (Phi) is 7.86. The number of imidazole rings is 1. The molecule has 0 bridgehead atoms. The number of hydrogen-bond donors (Lipinski definition) is 1. The van der Waals surface area contributed by atoms with E-state index in [2.05, 4.69) is 26.8 Å². The molecule has 0 amide bonds. The van der Waals surface area contributed by atoms with Gasteiger partial charge < -0.3 is 5.11 Å². The molecule has 0 unspecified atom stereocenters. The first-order chi connectivity index (χ1) is 35.9. The van der Waals surface area contributed by atoms with Gasteiger partial charge in [0.05, 0.1) is 28.0 Å². The van der Waals surface area contributed by atoms with Crippen LogP contribution in [0.4, 0.5) is 0 Å². The Morgan fingerprint density at radius 1 is 0.492 bits per heavy atom. The average Bonchev–Trinajstić information content (AvgIpc) is 3.84. The number of hydrogen-bond acceptors (Lipinski definition) is 3. The van der Waals surface area contributed by atoms with Gasteiger partial charge in [0.15, 0.2) is 0 Å². The number of fused-ring (bicyclic) bond motifs is 1. The van der Waals surface area contributed by atoms with Crippen LogP contribution in [-0.2, 0) is 16.2 Å². The van der Waals surface area contributed by atoms with Crippen LogP contribution in [0, 0.1) is 6.85 Å². The number of aromatic hydroxyl groups is 1. The Hall–Kier alpha value is -7.04. The molecular formula is C61H59N3O. The van der Waals surface area contributed by atoms with Gasteiger partial charge in [-0.2, -0.15) is 0 Å². The van der Waals surface area contributed by atoms with Crippen molar-refractivity contribution in [3.8, 4) is 78.6 Å². The van der Waals surface area contributed by atoms with E-state index in [9.17, 15) is 5.11 Å². The zero-order valence-corrected chi connectivity index (χ0v) is 37.5. The lowest BCUT2D eigenvalue weighted by Gasteiger charge is -2.27. The highest BCUT2D eigenvalue weighted by Gasteiger charge is 2.29. The summed E-state index contributed by atoms with van der Waals surface area (Å²) in [6, 6.07) is 50.0. The molecule has 7 aromatic carbocycles. The Balaban J connectivity index is 1.28. The fourth-order valence-corrected chi connectivity index (χ4v) is 8.52. The summed E-state index contributed by atoms with van der Waals surface area (Å²) in [5, 5.41) is 12.5. The molecule has 324 valence electrons. The molecule has 0 fully saturated rings. The minimum absolute atomic E-state index is 0.0417. The quantitative estimate of drug-likeness (QED) is 0.174. The number of rotatable bonds is 7. The average molecular weight is 862 g/mol. The van der Waals surface area contributed by atoms with E-state index in [0.29, 0.717) is 56.1 Å². The van der Waals surface area contributed by atoms with Gasteiger partial charge in [-0.1, -0.05) is 171 Å². The maximum Gasteiger partial charge on any atom is 0.149 e. The van der Waals surface area contributed by atoms with Gasteiger partial charge in [0.2, 0.25) is 0 Å². The van der Waals surface area contributed by atoms with E-state index in [0.717, 1.165) is 38.9 Å². The van der Waals surface area contributed by atoms with Crippen LogP contribution in [0.3, 0.4) is 0 Å². The molecule has 4 heteroatoms. The number of aryl methyl sites for hydroxylation is 1. The van der Waals surface area contributed by atoms with Crippen LogP contribution in [0.25, 0.3) is 83.9 Å². The molecular weight excluding hydrogens is 791 g/mol. The number of phenols is 1. The maximum atomic E-state index is 12.5. The van der Waals surface area contributed by atoms with Gasteiger partial charge in [0, 0.05) is 39.3 Å². The third-order valence-electron chi connectivity index (χ3n) is 12.1. The molecule has 0 saturated carbocycles. The number of pyridine rings is 1. The van der Waals surface area contributed by atoms with Crippen LogP contribution in [0.1, 0.15) is 101 Å². The van der Waals surface area contributed by atoms with Crippen molar-refractivity contribution in [3.63, 3.8) is 0 Å². The SMILES string of the molecule is [2H]C([2H])([2H])c1cc(-c2ccccc2)ccc1-n1c(-c2cc(C(C)(C)C)cc(C(C)(C)C)c2O)nc2c(-c3cc(-c4ccccc4)cc(-c4cc(-c5ccc(C(C([2H])([2H])[2H])(C([2H])([2H])[2H])C([2H])([2H])[2H])cc5)ccn4)c3)cccc21. The smallest absolute Gasteiger partial charge is 0.149 e. The summed E-state index contributed by atoms with van der Waals surface area (Å²) in [7, 11) is 0. The van der Waals surface area contributed by atoms with Crippen molar-refractivity contribution >= 4 is 11.0 Å². The highest BCUT2D eigenvalue weighted by Crippen LogP contribution is 2.45. The van der Waals surface area contributed by atoms with E-state index in [1.165, 1.54) is 24.3 Å². The standard InChI is InChI=1S/C61H59N3O/c1-39-32-43(40-18-13-11-14-19-40)26-29-54(39)64-55-23-17-22-50(56(55)63-58(64)51-37-49(60(5,6)7)38-52(57(51)65)61(8,9)10)46-33-45(41-20-15-12-16-21-41)34-47(35-46)53-36-44(30-31-62-53)42-24-27-48(28-25-42)59(2,3)4/h11-38,65H,1-10H3/i1D3,2D3,3D3,4D3. The Morgan fingerprint density at radius 3 is 1.78 bits per heavy atom. The van der Waals surface area contributed by atoms with Gasteiger partial charge in [0.25, 0.3) is 0 Å². The van der Waals surface area contributed by atoms with Gasteiger partial charge >= 0.3 is 0 Å². The van der Waals surface area contributed by atoms with Crippen LogP contribution in [0.15, 0.2) is 170 Å². The topological polar surface area (TPSA) is 50.9 Å². The molecule has 0 spiro atoms. The molecule has 4 nitrogen and oxygen atoms in total. The predicted molar refractivity (Wildman–Crippen MR) is 274 cm³/mol. The number of benzene rings is 7. The van der Waals surface area contributed by atoms with Crippen LogP contribution < -0.4 is 0 Å². The van der Waals surface area contributed by atoms with E-state index in [4.69, 9.17) is 26.4 Å². The van der Waals surface area contributed by atoms with Crippen molar-refractivity contribution in [1.29, 1.82) is 0 Å². The Bertz CT molecular complexity index is 3620. The third kappa shape index (κ3) is 8.54. The summed E-state index contributed by atoms with van der Waals surface area (Å²) in [4.78, 5) is 10.3. The zero-order chi connectivity index (χ0) is 55.8. The molecule has 9 rings (SSSR count). The molecule has 0 aliphatic carbocycles. The molecule has 0 radical (unpaired) electrons. The summed E-state index contributed by atoms with van der Waals surface area (Å²) in [6.07, 6.45) is 1.63. The Morgan fingerprint density at radius 2 is 1.12 bits per heavy atom. The lowest BCUT2D eigenvalue weighted by Crippen LogP contribution is -2.17. The van der Waals surface area contributed by atoms with Gasteiger partial charge in [0.1, 0.15) is 11.6 Å². The van der Waals surface area contributed by atoms with Crippen LogP contribution in [0.5, 0.6) is 5.75 Å². The van der Waals surface area contributed by atoms with E-state index in [1.54, 1.807) is 18.3 Å². The second-order valence-electron chi connectivity index (χ2n) is 18.9. The van der Waals surface area contributed by atoms with Crippen LogP contribution >= 0.6 is 0 Å². The number of para-hydroxylation sites is 1. The van der Waals surface area contributed by atoms with Gasteiger partial charge in [-0.3, -0.25) is 9.55 Å². The molecule has 1 N–H and O–H groups in total. The molecule has 0 atom stereocenters. The second kappa shape index (κ2) is 16.5. The van der Waals surface area contributed by atoms with Gasteiger partial charge in [-0.15, -0.1) is 0 Å². The van der Waals surface area contributed by atoms with Crippen molar-refractivity contribution < 1.29 is 21.6 Å². The van der Waals surface area contributed by atoms with Crippen molar-refractivity contribution in [2.75, 3.05) is 0 Å². The molecule has 2 aromatic heterocycles. The number of nitrogens with zero attached hydrogens (tertiary/aromatic N) is 3. The lowest BCUT2D eigenvalue weighted by molar-refractivity contribution is 0.446. The molecule has 2 heterocycles. The van der Waals surface area contributed by atoms with Crippen LogP contribution in [-0.4, -0.2) is 19.6 Å². The summed E-state index contributed by atoms with van der Waals surface area (Å²) < 4.78 is 103. The lowest BCUT2D eigenvalue weighted by atomic mass is 9.79. The first-order valence-corrected chi connectivity index (χ1v) is 21.8. The summed E-state index contributed by atoms with van der Waals surface area (Å²) >= 11 is 0. The van der Waals surface area contributed by atoms with Crippen LogP contribution in [0.2, 0.25) is 0 Å². The predicted octanol–water partition coefficient (Wildman–Crippen LogP) is 16.3. The minimum atomic E-state index is -3.40. The normalized spacial score (nSPS) is 15.7. The van der Waals surface area contributed by atoms with Crippen molar-refractivity contribution in [2.24, 2.45) is 0 Å². The van der Waals surface area contributed by atoms with E-state index < -0.39 is 38.2 Å². The van der Waals surface area contributed by atoms with E-state index in [-0.39, 0.29) is 22.3 Å². The highest BCUT2D eigenvalue weighted by molar-refractivity contribution is 5.98. The molecule has 65 heavy (non-hydrogen) atoms. The van der Waals surface area contributed by atoms with Gasteiger partial charge in [-0.25, -0.2) is 4.98 Å². The van der Waals surface area contributed by atoms with Crippen molar-refractivity contribution in [2.45, 2.75) is 85.2 Å². The summed E-state index contributed by atoms with van der Waals surface area (Å²) in [5.41, 5.74) is 6.77. The molecule has 0 aliphatic rings. The summed E-state index contributed by atoms with van der Waals surface area (Å²) in [6.45, 7) is -0.295. The third-order valence-corrected chi connectivity index (χ3v) is 12.1. The zero-order valence-electron chi connectivity index (χ0n) is 49.5. The molecule has 0 saturated heterocycles. The first kappa shape index (κ1) is 30.9. The molecule has 0 aliphatic heterocycles. The minimum Gasteiger partial charge on any atom is -0.507 e.